The second-order valence-corrected chi connectivity index (χ2v) is 9.44. The second-order valence-electron chi connectivity index (χ2n) is 8.06. The van der Waals surface area contributed by atoms with E-state index in [-0.39, 0.29) is 24.9 Å². The molecule has 0 fully saturated rings. The van der Waals surface area contributed by atoms with Gasteiger partial charge in [-0.1, -0.05) is 35.5 Å². The van der Waals surface area contributed by atoms with Crippen molar-refractivity contribution in [3.8, 4) is 28.6 Å². The molecule has 0 aliphatic heterocycles. The van der Waals surface area contributed by atoms with Gasteiger partial charge in [0, 0.05) is 12.1 Å². The molecule has 0 aliphatic carbocycles. The van der Waals surface area contributed by atoms with E-state index >= 15 is 0 Å². The van der Waals surface area contributed by atoms with Gasteiger partial charge in [-0.3, -0.25) is 0 Å². The average Bonchev–Trinajstić information content (AvgIpc) is 3.40. The van der Waals surface area contributed by atoms with Crippen LogP contribution in [0.4, 0.5) is 4.79 Å². The zero-order valence-electron chi connectivity index (χ0n) is 21.3. The number of rotatable bonds is 14. The number of carbonyl (C=O) groups excluding carboxylic acids is 1. The van der Waals surface area contributed by atoms with Crippen LogP contribution in [0.15, 0.2) is 47.0 Å². The predicted molar refractivity (Wildman–Crippen MR) is 137 cm³/mol. The van der Waals surface area contributed by atoms with E-state index in [1.165, 1.54) is 21.3 Å². The Balaban J connectivity index is 1.76. The molecule has 4 N–H and O–H groups in total. The van der Waals surface area contributed by atoms with Crippen molar-refractivity contribution in [1.82, 2.24) is 20.2 Å². The van der Waals surface area contributed by atoms with Crippen molar-refractivity contribution in [1.29, 1.82) is 0 Å². The van der Waals surface area contributed by atoms with Gasteiger partial charge in [-0.25, -0.2) is 14.7 Å². The summed E-state index contributed by atoms with van der Waals surface area (Å²) in [5, 5.41) is 11.8. The van der Waals surface area contributed by atoms with E-state index < -0.39 is 22.3 Å². The van der Waals surface area contributed by atoms with Crippen molar-refractivity contribution in [2.24, 2.45) is 5.14 Å². The molecule has 1 atom stereocenters. The van der Waals surface area contributed by atoms with Crippen LogP contribution in [-0.2, 0) is 21.6 Å². The molecule has 0 spiro atoms. The molecule has 0 radical (unpaired) electrons. The quantitative estimate of drug-likeness (QED) is 0.253. The van der Waals surface area contributed by atoms with E-state index in [0.29, 0.717) is 42.1 Å². The number of alkyl carbamates (subject to hydrolysis) is 1. The van der Waals surface area contributed by atoms with Gasteiger partial charge in [0.05, 0.1) is 21.3 Å². The minimum absolute atomic E-state index is 0.0815. The molecule has 2 aromatic carbocycles. The number of hydrogen-bond acceptors (Lipinski definition) is 10. The first-order valence-electron chi connectivity index (χ1n) is 11.6. The average molecular weight is 550 g/mol. The third-order valence-electron chi connectivity index (χ3n) is 5.39. The van der Waals surface area contributed by atoms with Gasteiger partial charge < -0.3 is 28.8 Å². The first-order chi connectivity index (χ1) is 18.2. The van der Waals surface area contributed by atoms with Crippen LogP contribution in [0, 0.1) is 0 Å². The minimum Gasteiger partial charge on any atom is -0.493 e. The largest absolute Gasteiger partial charge is 0.493 e. The van der Waals surface area contributed by atoms with Crippen LogP contribution in [0.1, 0.15) is 36.8 Å². The van der Waals surface area contributed by atoms with Crippen LogP contribution < -0.4 is 29.4 Å². The predicted octanol–water partition coefficient (Wildman–Crippen LogP) is 2.69. The van der Waals surface area contributed by atoms with Crippen molar-refractivity contribution in [3.63, 3.8) is 0 Å². The molecule has 206 valence electrons. The standard InChI is InChI=1S/C24H31N5O8S/c1-33-19-13-17(14-20(34-2)21(19)35-3)22-28-23(37-29-22)18(11-7-8-12-26-38(25,31)32)27-24(30)36-15-16-9-5-4-6-10-16/h4-6,9-10,13-14,18,26H,7-8,11-12,15H2,1-3H3,(H,27,30)(H2,25,31,32)/t18-/m0/s1. The Morgan fingerprint density at radius 3 is 2.34 bits per heavy atom. The summed E-state index contributed by atoms with van der Waals surface area (Å²) in [4.78, 5) is 17.0. The molecule has 1 amide bonds. The highest BCUT2D eigenvalue weighted by molar-refractivity contribution is 7.87. The van der Waals surface area contributed by atoms with Gasteiger partial charge in [0.2, 0.25) is 17.5 Å². The number of amides is 1. The summed E-state index contributed by atoms with van der Waals surface area (Å²) in [7, 11) is 0.704. The highest BCUT2D eigenvalue weighted by Gasteiger charge is 2.24. The zero-order chi connectivity index (χ0) is 27.5. The molecule has 0 saturated carbocycles. The van der Waals surface area contributed by atoms with Crippen LogP contribution in [0.25, 0.3) is 11.4 Å². The molecule has 38 heavy (non-hydrogen) atoms. The molecule has 3 rings (SSSR count). The number of nitrogens with two attached hydrogens (primary N) is 1. The van der Waals surface area contributed by atoms with Crippen LogP contribution in [0.5, 0.6) is 17.2 Å². The fourth-order valence-electron chi connectivity index (χ4n) is 3.56. The number of ether oxygens (including phenoxy) is 4. The minimum atomic E-state index is -3.78. The molecule has 0 saturated heterocycles. The summed E-state index contributed by atoms with van der Waals surface area (Å²) in [5.41, 5.74) is 1.37. The van der Waals surface area contributed by atoms with Gasteiger partial charge in [-0.05, 0) is 37.0 Å². The number of aromatic nitrogens is 2. The molecule has 1 heterocycles. The van der Waals surface area contributed by atoms with Gasteiger partial charge >= 0.3 is 6.09 Å². The second kappa shape index (κ2) is 13.6. The maximum Gasteiger partial charge on any atom is 0.408 e. The SMILES string of the molecule is COc1cc(-c2noc([C@H](CCCCNS(N)(=O)=O)NC(=O)OCc3ccccc3)n2)cc(OC)c1OC. The Hall–Kier alpha value is -3.88. The van der Waals surface area contributed by atoms with Gasteiger partial charge in [-0.15, -0.1) is 0 Å². The maximum absolute atomic E-state index is 12.6. The normalized spacial score (nSPS) is 12.0. The number of methoxy groups -OCH3 is 3. The fourth-order valence-corrected chi connectivity index (χ4v) is 3.99. The monoisotopic (exact) mass is 549 g/mol. The Morgan fingerprint density at radius 1 is 1.05 bits per heavy atom. The number of nitrogens with zero attached hydrogens (tertiary/aromatic N) is 2. The number of benzene rings is 2. The van der Waals surface area contributed by atoms with E-state index in [4.69, 9.17) is 28.6 Å². The number of carbonyl (C=O) groups is 1. The van der Waals surface area contributed by atoms with E-state index in [0.717, 1.165) is 5.56 Å². The third kappa shape index (κ3) is 8.33. The van der Waals surface area contributed by atoms with Crippen molar-refractivity contribution < 1.29 is 36.7 Å². The van der Waals surface area contributed by atoms with Gasteiger partial charge in [0.15, 0.2) is 11.5 Å². The van der Waals surface area contributed by atoms with Crippen molar-refractivity contribution in [2.45, 2.75) is 31.9 Å². The molecular weight excluding hydrogens is 518 g/mol. The van der Waals surface area contributed by atoms with E-state index in [1.54, 1.807) is 12.1 Å². The summed E-state index contributed by atoms with van der Waals surface area (Å²) in [6.07, 6.45) is 0.660. The van der Waals surface area contributed by atoms with Crippen LogP contribution in [0.2, 0.25) is 0 Å². The zero-order valence-corrected chi connectivity index (χ0v) is 22.1. The summed E-state index contributed by atoms with van der Waals surface area (Å²) in [6.45, 7) is 0.225. The number of hydrogen-bond donors (Lipinski definition) is 3. The summed E-state index contributed by atoms with van der Waals surface area (Å²) >= 11 is 0. The molecule has 14 heteroatoms. The first-order valence-corrected chi connectivity index (χ1v) is 13.2. The molecular formula is C24H31N5O8S. The Morgan fingerprint density at radius 2 is 1.74 bits per heavy atom. The highest BCUT2D eigenvalue weighted by atomic mass is 32.2. The van der Waals surface area contributed by atoms with Crippen molar-refractivity contribution >= 4 is 16.3 Å². The molecule has 13 nitrogen and oxygen atoms in total. The lowest BCUT2D eigenvalue weighted by Gasteiger charge is -2.15. The lowest BCUT2D eigenvalue weighted by Crippen LogP contribution is -2.32. The third-order valence-corrected chi connectivity index (χ3v) is 6.00. The summed E-state index contributed by atoms with van der Waals surface area (Å²) < 4.78 is 51.3. The van der Waals surface area contributed by atoms with E-state index in [2.05, 4.69) is 20.2 Å². The topological polar surface area (TPSA) is 177 Å². The van der Waals surface area contributed by atoms with E-state index in [1.807, 2.05) is 30.3 Å². The Kier molecular flexibility index (Phi) is 10.3. The molecule has 0 bridgehead atoms. The molecule has 0 unspecified atom stereocenters. The fraction of sp³-hybridized carbons (Fsp3) is 0.375. The highest BCUT2D eigenvalue weighted by Crippen LogP contribution is 2.40. The smallest absolute Gasteiger partial charge is 0.408 e. The van der Waals surface area contributed by atoms with Crippen molar-refractivity contribution in [3.05, 3.63) is 53.9 Å². The van der Waals surface area contributed by atoms with Gasteiger partial charge in [0.1, 0.15) is 12.6 Å². The van der Waals surface area contributed by atoms with E-state index in [9.17, 15) is 13.2 Å². The van der Waals surface area contributed by atoms with Crippen LogP contribution in [0.3, 0.4) is 0 Å². The van der Waals surface area contributed by atoms with Crippen molar-refractivity contribution in [2.75, 3.05) is 27.9 Å². The Bertz CT molecular complexity index is 1280. The number of nitrogens with one attached hydrogen (secondary N) is 2. The lowest BCUT2D eigenvalue weighted by molar-refractivity contribution is 0.132. The maximum atomic E-state index is 12.6. The Labute approximate surface area is 220 Å². The van der Waals surface area contributed by atoms with Crippen LogP contribution in [-0.4, -0.2) is 52.5 Å². The first kappa shape index (κ1) is 28.7. The lowest BCUT2D eigenvalue weighted by atomic mass is 10.1. The van der Waals surface area contributed by atoms with Gasteiger partial charge in [0.25, 0.3) is 10.2 Å². The van der Waals surface area contributed by atoms with Gasteiger partial charge in [-0.2, -0.15) is 13.4 Å². The van der Waals surface area contributed by atoms with Crippen LogP contribution >= 0.6 is 0 Å². The summed E-state index contributed by atoms with van der Waals surface area (Å²) in [6, 6.07) is 11.9. The number of unbranched alkanes of at least 4 members (excludes halogenated alkanes) is 1. The molecule has 1 aromatic heterocycles. The molecule has 3 aromatic rings. The molecule has 0 aliphatic rings. The summed E-state index contributed by atoms with van der Waals surface area (Å²) in [5.74, 6) is 1.62.